The molecule has 0 saturated heterocycles. The van der Waals surface area contributed by atoms with Crippen molar-refractivity contribution in [1.29, 1.82) is 0 Å². The number of ether oxygens (including phenoxy) is 2. The molecule has 254 valence electrons. The molecule has 3 heterocycles. The summed E-state index contributed by atoms with van der Waals surface area (Å²) in [5, 5.41) is 6.97. The maximum atomic E-state index is 13.2. The molecule has 13 nitrogen and oxygen atoms in total. The van der Waals surface area contributed by atoms with E-state index < -0.39 is 17.7 Å². The molecule has 13 heteroatoms. The van der Waals surface area contributed by atoms with E-state index >= 15 is 0 Å². The van der Waals surface area contributed by atoms with E-state index in [1.165, 1.54) is 17.2 Å². The van der Waals surface area contributed by atoms with Gasteiger partial charge in [0.15, 0.2) is 0 Å². The van der Waals surface area contributed by atoms with Crippen molar-refractivity contribution in [3.8, 4) is 11.3 Å². The van der Waals surface area contributed by atoms with Crippen LogP contribution in [0.15, 0.2) is 55.5 Å². The molecule has 48 heavy (non-hydrogen) atoms. The quantitative estimate of drug-likeness (QED) is 0.144. The predicted molar refractivity (Wildman–Crippen MR) is 188 cm³/mol. The van der Waals surface area contributed by atoms with Gasteiger partial charge in [-0.3, -0.25) is 4.79 Å². The number of carbonyl (C=O) groups excluding carboxylic acids is 3. The maximum Gasteiger partial charge on any atom is 0.410 e. The smallest absolute Gasteiger partial charge is 0.410 e. The molecule has 0 atom stereocenters. The van der Waals surface area contributed by atoms with Crippen molar-refractivity contribution < 1.29 is 23.9 Å². The first kappa shape index (κ1) is 35.4. The molecule has 4 rings (SSSR count). The van der Waals surface area contributed by atoms with Crippen LogP contribution >= 0.6 is 0 Å². The van der Waals surface area contributed by atoms with Crippen LogP contribution < -0.4 is 15.5 Å². The van der Waals surface area contributed by atoms with Crippen LogP contribution in [0.4, 0.5) is 27.8 Å². The summed E-state index contributed by atoms with van der Waals surface area (Å²) < 4.78 is 12.9. The van der Waals surface area contributed by atoms with Crippen LogP contribution in [0.2, 0.25) is 0 Å². The summed E-state index contributed by atoms with van der Waals surface area (Å²) in [6.07, 6.45) is 5.46. The summed E-state index contributed by atoms with van der Waals surface area (Å²) >= 11 is 0. The van der Waals surface area contributed by atoms with Crippen molar-refractivity contribution in [3.05, 3.63) is 66.6 Å². The highest BCUT2D eigenvalue weighted by molar-refractivity contribution is 6.03. The Morgan fingerprint density at radius 2 is 1.83 bits per heavy atom. The van der Waals surface area contributed by atoms with E-state index in [1.807, 2.05) is 75.7 Å². The van der Waals surface area contributed by atoms with Crippen molar-refractivity contribution in [1.82, 2.24) is 24.4 Å². The minimum absolute atomic E-state index is 0.217. The molecular formula is C35H44N8O5. The van der Waals surface area contributed by atoms with E-state index in [-0.39, 0.29) is 23.5 Å². The largest absolute Gasteiger partial charge is 0.459 e. The number of pyridine rings is 1. The molecule has 0 saturated carbocycles. The van der Waals surface area contributed by atoms with Crippen LogP contribution in [0, 0.1) is 6.92 Å². The lowest BCUT2D eigenvalue weighted by atomic mass is 10.1. The highest BCUT2D eigenvalue weighted by atomic mass is 16.6. The van der Waals surface area contributed by atoms with Gasteiger partial charge in [0.05, 0.1) is 23.2 Å². The number of carbonyl (C=O) groups is 3. The molecule has 0 bridgehead atoms. The van der Waals surface area contributed by atoms with E-state index in [0.29, 0.717) is 35.7 Å². The van der Waals surface area contributed by atoms with E-state index in [0.717, 1.165) is 22.3 Å². The number of hydrogen-bond donors (Lipinski definition) is 2. The number of aromatic nitrogens is 4. The number of nitrogens with zero attached hydrogens (tertiary/aromatic N) is 6. The van der Waals surface area contributed by atoms with Gasteiger partial charge < -0.3 is 34.5 Å². The number of hydrogen-bond acceptors (Lipinski definition) is 10. The summed E-state index contributed by atoms with van der Waals surface area (Å²) in [5.41, 5.74) is 4.13. The standard InChI is InChI=1S/C35H44N8O5/c1-11-29(44)38-27-18-26(22(4)17-28(27)41(8)15-16-42(9)34(46)48-35(5,6)7)39-33-37-19-24(32(45)47-21(2)3)30(40-33)25-20-43(10)31-23(25)13-12-14-36-31/h11-14,17-21H,1,15-16H2,2-10H3,(H,38,44)(H,37,39,40). The third-order valence-electron chi connectivity index (χ3n) is 7.26. The van der Waals surface area contributed by atoms with Gasteiger partial charge in [0, 0.05) is 69.5 Å². The molecule has 0 aliphatic heterocycles. The van der Waals surface area contributed by atoms with Gasteiger partial charge in [-0.1, -0.05) is 6.58 Å². The minimum atomic E-state index is -0.604. The van der Waals surface area contributed by atoms with Gasteiger partial charge in [-0.25, -0.2) is 24.5 Å². The number of likely N-dealkylation sites (N-methyl/N-ethyl adjacent to an activating group) is 2. The van der Waals surface area contributed by atoms with Crippen molar-refractivity contribution in [3.63, 3.8) is 0 Å². The van der Waals surface area contributed by atoms with Crippen LogP contribution in [-0.4, -0.2) is 81.3 Å². The van der Waals surface area contributed by atoms with Crippen LogP contribution in [0.25, 0.3) is 22.3 Å². The van der Waals surface area contributed by atoms with Gasteiger partial charge in [-0.15, -0.1) is 0 Å². The monoisotopic (exact) mass is 656 g/mol. The Morgan fingerprint density at radius 1 is 1.10 bits per heavy atom. The van der Waals surface area contributed by atoms with Gasteiger partial charge in [0.1, 0.15) is 16.8 Å². The zero-order valence-electron chi connectivity index (χ0n) is 29.0. The summed E-state index contributed by atoms with van der Waals surface area (Å²) in [6, 6.07) is 7.45. The number of nitrogens with one attached hydrogen (secondary N) is 2. The summed E-state index contributed by atoms with van der Waals surface area (Å²) in [7, 11) is 5.43. The Bertz CT molecular complexity index is 1840. The van der Waals surface area contributed by atoms with Gasteiger partial charge in [-0.2, -0.15) is 0 Å². The van der Waals surface area contributed by atoms with E-state index in [2.05, 4.69) is 27.2 Å². The highest BCUT2D eigenvalue weighted by Crippen LogP contribution is 2.35. The summed E-state index contributed by atoms with van der Waals surface area (Å²) in [5.74, 6) is -0.694. The molecule has 4 aromatic rings. The normalized spacial score (nSPS) is 11.3. The Morgan fingerprint density at radius 3 is 2.50 bits per heavy atom. The van der Waals surface area contributed by atoms with Crippen molar-refractivity contribution >= 4 is 52.0 Å². The number of aryl methyl sites for hydroxylation is 2. The average Bonchev–Trinajstić information content (AvgIpc) is 3.35. The van der Waals surface area contributed by atoms with Crippen LogP contribution in [0.5, 0.6) is 0 Å². The average molecular weight is 657 g/mol. The number of esters is 1. The SMILES string of the molecule is C=CC(=O)Nc1cc(Nc2ncc(C(=O)OC(C)C)c(-c3cn(C)c4ncccc34)n2)c(C)cc1N(C)CCN(C)C(=O)OC(C)(C)C. The molecule has 0 fully saturated rings. The second-order valence-corrected chi connectivity index (χ2v) is 12.8. The Kier molecular flexibility index (Phi) is 10.7. The van der Waals surface area contributed by atoms with Crippen molar-refractivity contribution in [2.24, 2.45) is 7.05 Å². The molecule has 2 amide bonds. The molecule has 1 aromatic carbocycles. The Labute approximate surface area is 281 Å². The molecule has 0 spiro atoms. The molecule has 0 aliphatic carbocycles. The summed E-state index contributed by atoms with van der Waals surface area (Å²) in [4.78, 5) is 55.3. The Hall–Kier alpha value is -5.46. The van der Waals surface area contributed by atoms with Gasteiger partial charge >= 0.3 is 12.1 Å². The molecule has 0 aliphatic rings. The lowest BCUT2D eigenvalue weighted by Gasteiger charge is -2.28. The van der Waals surface area contributed by atoms with Crippen molar-refractivity contribution in [2.75, 3.05) is 42.7 Å². The van der Waals surface area contributed by atoms with E-state index in [1.54, 1.807) is 33.2 Å². The summed E-state index contributed by atoms with van der Waals surface area (Å²) in [6.45, 7) is 15.4. The van der Waals surface area contributed by atoms with Gasteiger partial charge in [-0.05, 0) is 77.4 Å². The fourth-order valence-corrected chi connectivity index (χ4v) is 4.87. The zero-order valence-corrected chi connectivity index (χ0v) is 29.0. The maximum absolute atomic E-state index is 13.2. The number of amides is 2. The number of fused-ring (bicyclic) bond motifs is 1. The first-order valence-electron chi connectivity index (χ1n) is 15.6. The van der Waals surface area contributed by atoms with Crippen LogP contribution in [0.3, 0.4) is 0 Å². The van der Waals surface area contributed by atoms with Crippen LogP contribution in [0.1, 0.15) is 50.5 Å². The molecule has 0 radical (unpaired) electrons. The number of rotatable bonds is 11. The number of anilines is 4. The van der Waals surface area contributed by atoms with E-state index in [9.17, 15) is 14.4 Å². The molecule has 0 unspecified atom stereocenters. The molecular weight excluding hydrogens is 612 g/mol. The first-order valence-corrected chi connectivity index (χ1v) is 15.6. The predicted octanol–water partition coefficient (Wildman–Crippen LogP) is 6.08. The molecule has 3 aromatic heterocycles. The minimum Gasteiger partial charge on any atom is -0.459 e. The topological polar surface area (TPSA) is 144 Å². The van der Waals surface area contributed by atoms with Crippen LogP contribution in [-0.2, 0) is 21.3 Å². The second-order valence-electron chi connectivity index (χ2n) is 12.8. The third-order valence-corrected chi connectivity index (χ3v) is 7.26. The third kappa shape index (κ3) is 8.46. The van der Waals surface area contributed by atoms with Crippen molar-refractivity contribution in [2.45, 2.75) is 53.2 Å². The van der Waals surface area contributed by atoms with Gasteiger partial charge in [0.25, 0.3) is 0 Å². The Balaban J connectivity index is 1.70. The van der Waals surface area contributed by atoms with E-state index in [4.69, 9.17) is 14.5 Å². The fourth-order valence-electron chi connectivity index (χ4n) is 4.87. The lowest BCUT2D eigenvalue weighted by molar-refractivity contribution is -0.111. The first-order chi connectivity index (χ1) is 22.6. The van der Waals surface area contributed by atoms with Gasteiger partial charge in [0.2, 0.25) is 11.9 Å². The lowest BCUT2D eigenvalue weighted by Crippen LogP contribution is -2.38. The highest BCUT2D eigenvalue weighted by Gasteiger charge is 2.23. The molecule has 2 N–H and O–H groups in total. The second kappa shape index (κ2) is 14.5. The fraction of sp³-hybridized carbons (Fsp3) is 0.371. The zero-order chi connectivity index (χ0) is 35.3. The number of benzene rings is 1.